The van der Waals surface area contributed by atoms with Gasteiger partial charge in [-0.05, 0) is 78.2 Å². The first-order valence-electron chi connectivity index (χ1n) is 8.50. The van der Waals surface area contributed by atoms with Gasteiger partial charge in [0, 0.05) is 18.1 Å². The van der Waals surface area contributed by atoms with E-state index >= 15 is 0 Å². The Hall–Kier alpha value is -0.120. The quantitative estimate of drug-likeness (QED) is 0.839. The van der Waals surface area contributed by atoms with Crippen LogP contribution in [0.15, 0.2) is 0 Å². The second-order valence-corrected chi connectivity index (χ2v) is 6.93. The predicted molar refractivity (Wildman–Crippen MR) is 80.5 cm³/mol. The third-order valence-corrected chi connectivity index (χ3v) is 5.65. The Kier molecular flexibility index (Phi) is 4.78. The highest BCUT2D eigenvalue weighted by atomic mass is 15.2. The zero-order valence-corrected chi connectivity index (χ0v) is 12.6. The number of nitrogens with one attached hydrogen (secondary N) is 1. The van der Waals surface area contributed by atoms with Crippen LogP contribution in [0.2, 0.25) is 0 Å². The van der Waals surface area contributed by atoms with Crippen LogP contribution >= 0.6 is 0 Å². The minimum Gasteiger partial charge on any atom is -0.314 e. The van der Waals surface area contributed by atoms with Crippen molar-refractivity contribution < 1.29 is 0 Å². The summed E-state index contributed by atoms with van der Waals surface area (Å²) in [4.78, 5) is 5.29. The van der Waals surface area contributed by atoms with Crippen molar-refractivity contribution >= 4 is 0 Å². The Morgan fingerprint density at radius 2 is 1.95 bits per heavy atom. The molecule has 0 radical (unpaired) electrons. The normalized spacial score (nSPS) is 37.4. The molecule has 110 valence electrons. The van der Waals surface area contributed by atoms with Gasteiger partial charge < -0.3 is 15.1 Å². The van der Waals surface area contributed by atoms with Crippen LogP contribution in [0.3, 0.4) is 0 Å². The molecule has 0 spiro atoms. The number of rotatable bonds is 4. The first-order chi connectivity index (χ1) is 9.33. The minimum absolute atomic E-state index is 0.799. The van der Waals surface area contributed by atoms with Gasteiger partial charge in [0.05, 0.1) is 0 Å². The van der Waals surface area contributed by atoms with Crippen LogP contribution in [0, 0.1) is 0 Å². The van der Waals surface area contributed by atoms with Crippen molar-refractivity contribution in [2.24, 2.45) is 0 Å². The molecule has 3 unspecified atom stereocenters. The molecule has 3 heterocycles. The van der Waals surface area contributed by atoms with Gasteiger partial charge in [-0.1, -0.05) is 6.42 Å². The average Bonchev–Trinajstić information content (AvgIpc) is 2.88. The molecule has 3 saturated heterocycles. The van der Waals surface area contributed by atoms with Crippen molar-refractivity contribution in [1.82, 2.24) is 15.1 Å². The topological polar surface area (TPSA) is 18.5 Å². The maximum Gasteiger partial charge on any atom is 0.0111 e. The van der Waals surface area contributed by atoms with Crippen LogP contribution in [0.5, 0.6) is 0 Å². The molecule has 1 N–H and O–H groups in total. The third-order valence-electron chi connectivity index (χ3n) is 5.65. The molecular formula is C16H31N3. The van der Waals surface area contributed by atoms with E-state index in [-0.39, 0.29) is 0 Å². The zero-order chi connectivity index (χ0) is 13.1. The number of nitrogens with zero attached hydrogens (tertiary/aromatic N) is 2. The van der Waals surface area contributed by atoms with Gasteiger partial charge in [0.2, 0.25) is 0 Å². The molecule has 3 aliphatic rings. The van der Waals surface area contributed by atoms with Gasteiger partial charge in [-0.3, -0.25) is 0 Å². The first kappa shape index (κ1) is 13.8. The molecule has 0 aromatic rings. The fourth-order valence-corrected chi connectivity index (χ4v) is 4.37. The van der Waals surface area contributed by atoms with Crippen LogP contribution in [0.25, 0.3) is 0 Å². The summed E-state index contributed by atoms with van der Waals surface area (Å²) >= 11 is 0. The van der Waals surface area contributed by atoms with E-state index < -0.39 is 0 Å². The van der Waals surface area contributed by atoms with E-state index in [0.29, 0.717) is 0 Å². The summed E-state index contributed by atoms with van der Waals surface area (Å²) in [7, 11) is 2.31. The second kappa shape index (κ2) is 6.55. The lowest BCUT2D eigenvalue weighted by atomic mass is 9.96. The number of hydrogen-bond donors (Lipinski definition) is 1. The molecule has 3 heteroatoms. The Balaban J connectivity index is 1.36. The smallest absolute Gasteiger partial charge is 0.0111 e. The molecule has 3 rings (SSSR count). The zero-order valence-electron chi connectivity index (χ0n) is 12.6. The highest BCUT2D eigenvalue weighted by Gasteiger charge is 2.31. The van der Waals surface area contributed by atoms with E-state index in [9.17, 15) is 0 Å². The summed E-state index contributed by atoms with van der Waals surface area (Å²) in [6.45, 7) is 5.24. The maximum atomic E-state index is 3.85. The average molecular weight is 265 g/mol. The fourth-order valence-electron chi connectivity index (χ4n) is 4.37. The number of fused-ring (bicyclic) bond motifs is 1. The lowest BCUT2D eigenvalue weighted by Crippen LogP contribution is -2.46. The lowest BCUT2D eigenvalue weighted by molar-refractivity contribution is 0.155. The summed E-state index contributed by atoms with van der Waals surface area (Å²) in [6.07, 6.45) is 11.3. The lowest BCUT2D eigenvalue weighted by Gasteiger charge is -2.36. The molecule has 0 bridgehead atoms. The van der Waals surface area contributed by atoms with Crippen LogP contribution in [-0.2, 0) is 0 Å². The van der Waals surface area contributed by atoms with Crippen molar-refractivity contribution in [2.45, 2.75) is 69.5 Å². The monoisotopic (exact) mass is 265 g/mol. The molecular weight excluding hydrogens is 234 g/mol. The summed E-state index contributed by atoms with van der Waals surface area (Å²) in [5.74, 6) is 0. The highest BCUT2D eigenvalue weighted by Crippen LogP contribution is 2.27. The van der Waals surface area contributed by atoms with Crippen LogP contribution in [-0.4, -0.2) is 61.2 Å². The summed E-state index contributed by atoms with van der Waals surface area (Å²) in [6, 6.07) is 2.55. The van der Waals surface area contributed by atoms with Gasteiger partial charge in [-0.25, -0.2) is 0 Å². The Labute approximate surface area is 118 Å². The van der Waals surface area contributed by atoms with Crippen molar-refractivity contribution in [1.29, 1.82) is 0 Å². The standard InChI is InChI=1S/C16H31N3/c1-18-10-3-2-5-15(18)7-9-17-14-8-12-19-11-4-6-16(19)13-14/h14-17H,2-13H2,1H3. The number of hydrogen-bond acceptors (Lipinski definition) is 3. The second-order valence-electron chi connectivity index (χ2n) is 6.93. The molecule has 3 fully saturated rings. The molecule has 0 aromatic carbocycles. The van der Waals surface area contributed by atoms with E-state index in [2.05, 4.69) is 22.2 Å². The maximum absolute atomic E-state index is 3.85. The largest absolute Gasteiger partial charge is 0.314 e. The molecule has 0 aromatic heterocycles. The molecule has 0 amide bonds. The fraction of sp³-hybridized carbons (Fsp3) is 1.00. The SMILES string of the molecule is CN1CCCCC1CCNC1CCN2CCCC2C1. The summed E-state index contributed by atoms with van der Waals surface area (Å²) in [5.41, 5.74) is 0. The van der Waals surface area contributed by atoms with Gasteiger partial charge in [0.25, 0.3) is 0 Å². The molecule has 3 aliphatic heterocycles. The van der Waals surface area contributed by atoms with Crippen molar-refractivity contribution in [3.63, 3.8) is 0 Å². The Bertz CT molecular complexity index is 281. The van der Waals surface area contributed by atoms with Gasteiger partial charge in [-0.15, -0.1) is 0 Å². The van der Waals surface area contributed by atoms with Gasteiger partial charge in [0.15, 0.2) is 0 Å². The van der Waals surface area contributed by atoms with Crippen molar-refractivity contribution in [3.8, 4) is 0 Å². The van der Waals surface area contributed by atoms with E-state index in [4.69, 9.17) is 0 Å². The van der Waals surface area contributed by atoms with E-state index in [1.165, 1.54) is 77.5 Å². The molecule has 3 atom stereocenters. The van der Waals surface area contributed by atoms with Gasteiger partial charge in [-0.2, -0.15) is 0 Å². The highest BCUT2D eigenvalue weighted by molar-refractivity contribution is 4.89. The molecule has 3 nitrogen and oxygen atoms in total. The van der Waals surface area contributed by atoms with Gasteiger partial charge in [0.1, 0.15) is 0 Å². The number of likely N-dealkylation sites (tertiary alicyclic amines) is 1. The van der Waals surface area contributed by atoms with Crippen molar-refractivity contribution in [2.75, 3.05) is 33.2 Å². The Morgan fingerprint density at radius 3 is 2.84 bits per heavy atom. The Morgan fingerprint density at radius 1 is 1.00 bits per heavy atom. The van der Waals surface area contributed by atoms with E-state index in [0.717, 1.165) is 18.1 Å². The van der Waals surface area contributed by atoms with E-state index in [1.54, 1.807) is 0 Å². The van der Waals surface area contributed by atoms with Crippen LogP contribution in [0.4, 0.5) is 0 Å². The summed E-state index contributed by atoms with van der Waals surface area (Å²) in [5, 5.41) is 3.85. The summed E-state index contributed by atoms with van der Waals surface area (Å²) < 4.78 is 0. The van der Waals surface area contributed by atoms with Crippen LogP contribution < -0.4 is 5.32 Å². The van der Waals surface area contributed by atoms with Crippen molar-refractivity contribution in [3.05, 3.63) is 0 Å². The third kappa shape index (κ3) is 3.50. The molecule has 19 heavy (non-hydrogen) atoms. The first-order valence-corrected chi connectivity index (χ1v) is 8.50. The van der Waals surface area contributed by atoms with E-state index in [1.807, 2.05) is 0 Å². The number of piperidine rings is 2. The molecule has 0 aliphatic carbocycles. The molecule has 0 saturated carbocycles. The van der Waals surface area contributed by atoms with Gasteiger partial charge >= 0.3 is 0 Å². The van der Waals surface area contributed by atoms with Crippen LogP contribution in [0.1, 0.15) is 51.4 Å². The minimum atomic E-state index is 0.799. The predicted octanol–water partition coefficient (Wildman–Crippen LogP) is 2.08.